The van der Waals surface area contributed by atoms with Crippen LogP contribution in [0.3, 0.4) is 0 Å². The van der Waals surface area contributed by atoms with Crippen LogP contribution in [-0.4, -0.2) is 18.1 Å². The summed E-state index contributed by atoms with van der Waals surface area (Å²) in [6.45, 7) is 1.74. The van der Waals surface area contributed by atoms with E-state index in [1.165, 1.54) is 70.3 Å². The summed E-state index contributed by atoms with van der Waals surface area (Å²) >= 11 is 0. The molecule has 0 bridgehead atoms. The van der Waals surface area contributed by atoms with Gasteiger partial charge in [0.1, 0.15) is 0 Å². The van der Waals surface area contributed by atoms with Crippen LogP contribution in [0.4, 0.5) is 0 Å². The smallest absolute Gasteiger partial charge is 0.0861 e. The van der Waals surface area contributed by atoms with E-state index in [0.29, 0.717) is 0 Å². The second-order valence-electron chi connectivity index (χ2n) is 7.09. The molecule has 2 aliphatic carbocycles. The normalized spacial score (nSPS) is 19.7. The first-order valence-corrected chi connectivity index (χ1v) is 9.29. The van der Waals surface area contributed by atoms with Gasteiger partial charge in [0.25, 0.3) is 0 Å². The average molecular weight is 317 g/mol. The Kier molecular flexibility index (Phi) is 7.60. The molecule has 23 heavy (non-hydrogen) atoms. The second kappa shape index (κ2) is 9.71. The molecule has 0 amide bonds. The maximum absolute atomic E-state index is 10.3. The molecule has 0 heterocycles. The van der Waals surface area contributed by atoms with Gasteiger partial charge >= 0.3 is 0 Å². The Balaban J connectivity index is 0.000000174. The van der Waals surface area contributed by atoms with Crippen molar-refractivity contribution in [3.8, 4) is 0 Å². The van der Waals surface area contributed by atoms with Gasteiger partial charge < -0.3 is 15.2 Å². The van der Waals surface area contributed by atoms with Crippen molar-refractivity contribution < 1.29 is 15.2 Å². The SMILES string of the molecule is C1CCC([NH2+]C2CCCCC2)CC1.Cc1ccccc1C(=O)[O-]. The third-order valence-electron chi connectivity index (χ3n) is 5.21. The Labute approximate surface area is 140 Å². The molecule has 0 atom stereocenters. The van der Waals surface area contributed by atoms with Crippen molar-refractivity contribution >= 4 is 5.97 Å². The van der Waals surface area contributed by atoms with Crippen molar-refractivity contribution in [2.75, 3.05) is 0 Å². The molecular formula is C20H31NO2. The number of benzene rings is 1. The lowest BCUT2D eigenvalue weighted by molar-refractivity contribution is -0.725. The monoisotopic (exact) mass is 317 g/mol. The van der Waals surface area contributed by atoms with E-state index >= 15 is 0 Å². The average Bonchev–Trinajstić information content (AvgIpc) is 2.57. The lowest BCUT2D eigenvalue weighted by Gasteiger charge is -2.27. The van der Waals surface area contributed by atoms with Gasteiger partial charge in [0.15, 0.2) is 0 Å². The van der Waals surface area contributed by atoms with Crippen LogP contribution in [0.5, 0.6) is 0 Å². The highest BCUT2D eigenvalue weighted by molar-refractivity contribution is 5.87. The number of nitrogens with two attached hydrogens (primary N) is 1. The summed E-state index contributed by atoms with van der Waals surface area (Å²) in [6, 6.07) is 8.74. The summed E-state index contributed by atoms with van der Waals surface area (Å²) in [5.74, 6) is -1.11. The molecular weight excluding hydrogens is 286 g/mol. The lowest BCUT2D eigenvalue weighted by Crippen LogP contribution is -2.95. The van der Waals surface area contributed by atoms with Gasteiger partial charge in [-0.15, -0.1) is 0 Å². The van der Waals surface area contributed by atoms with Gasteiger partial charge in [0.2, 0.25) is 0 Å². The number of aromatic carboxylic acids is 1. The molecule has 1 aromatic carbocycles. The molecule has 3 rings (SSSR count). The lowest BCUT2D eigenvalue weighted by atomic mass is 9.91. The van der Waals surface area contributed by atoms with Crippen LogP contribution < -0.4 is 10.4 Å². The number of quaternary nitrogens is 1. The topological polar surface area (TPSA) is 56.7 Å². The number of carboxylic acids is 1. The van der Waals surface area contributed by atoms with Crippen molar-refractivity contribution in [2.45, 2.75) is 83.2 Å². The zero-order valence-electron chi connectivity index (χ0n) is 14.4. The fraction of sp³-hybridized carbons (Fsp3) is 0.650. The quantitative estimate of drug-likeness (QED) is 0.931. The van der Waals surface area contributed by atoms with E-state index in [-0.39, 0.29) is 5.56 Å². The Hall–Kier alpha value is -1.35. The number of carbonyl (C=O) groups is 1. The van der Waals surface area contributed by atoms with Crippen molar-refractivity contribution in [1.29, 1.82) is 0 Å². The summed E-state index contributed by atoms with van der Waals surface area (Å²) < 4.78 is 0. The number of hydrogen-bond acceptors (Lipinski definition) is 2. The number of rotatable bonds is 3. The van der Waals surface area contributed by atoms with Gasteiger partial charge in [-0.05, 0) is 63.9 Å². The fourth-order valence-electron chi connectivity index (χ4n) is 3.84. The number of carbonyl (C=O) groups excluding carboxylic acids is 1. The molecule has 3 heteroatoms. The largest absolute Gasteiger partial charge is 0.545 e. The zero-order valence-corrected chi connectivity index (χ0v) is 14.4. The zero-order chi connectivity index (χ0) is 16.5. The van der Waals surface area contributed by atoms with Crippen LogP contribution in [0.25, 0.3) is 0 Å². The van der Waals surface area contributed by atoms with Gasteiger partial charge in [-0.2, -0.15) is 0 Å². The molecule has 0 saturated heterocycles. The third kappa shape index (κ3) is 6.34. The van der Waals surface area contributed by atoms with Crippen molar-refractivity contribution in [3.63, 3.8) is 0 Å². The van der Waals surface area contributed by atoms with E-state index in [1.807, 2.05) is 0 Å². The molecule has 1 aromatic rings. The van der Waals surface area contributed by atoms with Crippen LogP contribution in [0.2, 0.25) is 0 Å². The van der Waals surface area contributed by atoms with Crippen LogP contribution in [0, 0.1) is 6.92 Å². The van der Waals surface area contributed by atoms with E-state index in [0.717, 1.165) is 17.6 Å². The predicted octanol–water partition coefficient (Wildman–Crippen LogP) is 2.57. The van der Waals surface area contributed by atoms with Crippen molar-refractivity contribution in [1.82, 2.24) is 0 Å². The van der Waals surface area contributed by atoms with Gasteiger partial charge in [-0.1, -0.05) is 37.1 Å². The molecule has 2 fully saturated rings. The Morgan fingerprint density at radius 3 is 1.78 bits per heavy atom. The van der Waals surface area contributed by atoms with Crippen LogP contribution in [0.1, 0.15) is 80.1 Å². The molecule has 128 valence electrons. The first-order chi connectivity index (χ1) is 11.2. The summed E-state index contributed by atoms with van der Waals surface area (Å²) in [5.41, 5.74) is 1.00. The van der Waals surface area contributed by atoms with Crippen LogP contribution in [-0.2, 0) is 0 Å². The molecule has 0 aromatic heterocycles. The molecule has 0 radical (unpaired) electrons. The Morgan fingerprint density at radius 1 is 0.913 bits per heavy atom. The standard InChI is InChI=1S/C12H23N.C8H8O2/c1-3-7-11(8-4-1)13-12-9-5-2-6-10-12;1-6-4-2-3-5-7(6)8(9)10/h11-13H,1-10H2;2-5H,1H3,(H,9,10). The highest BCUT2D eigenvalue weighted by Gasteiger charge is 2.22. The fourth-order valence-corrected chi connectivity index (χ4v) is 3.84. The summed E-state index contributed by atoms with van der Waals surface area (Å²) in [4.78, 5) is 10.3. The molecule has 0 unspecified atom stereocenters. The van der Waals surface area contributed by atoms with Crippen molar-refractivity contribution in [2.24, 2.45) is 0 Å². The molecule has 0 aliphatic heterocycles. The Morgan fingerprint density at radius 2 is 1.39 bits per heavy atom. The van der Waals surface area contributed by atoms with Gasteiger partial charge in [0.05, 0.1) is 18.1 Å². The Bertz CT molecular complexity index is 458. The molecule has 2 saturated carbocycles. The van der Waals surface area contributed by atoms with E-state index in [2.05, 4.69) is 5.32 Å². The van der Waals surface area contributed by atoms with E-state index in [9.17, 15) is 9.90 Å². The van der Waals surface area contributed by atoms with E-state index < -0.39 is 5.97 Å². The minimum Gasteiger partial charge on any atom is -0.545 e. The van der Waals surface area contributed by atoms with E-state index in [4.69, 9.17) is 0 Å². The highest BCUT2D eigenvalue weighted by atomic mass is 16.4. The van der Waals surface area contributed by atoms with E-state index in [1.54, 1.807) is 25.1 Å². The van der Waals surface area contributed by atoms with Gasteiger partial charge in [-0.25, -0.2) is 0 Å². The first kappa shape index (κ1) is 18.0. The maximum Gasteiger partial charge on any atom is 0.0861 e. The van der Waals surface area contributed by atoms with Crippen molar-refractivity contribution in [3.05, 3.63) is 35.4 Å². The van der Waals surface area contributed by atoms with Gasteiger partial charge in [-0.3, -0.25) is 0 Å². The predicted molar refractivity (Wildman–Crippen MR) is 91.2 cm³/mol. The summed E-state index contributed by atoms with van der Waals surface area (Å²) in [7, 11) is 0. The number of aryl methyl sites for hydroxylation is 1. The van der Waals surface area contributed by atoms with Crippen LogP contribution >= 0.6 is 0 Å². The molecule has 3 nitrogen and oxygen atoms in total. The first-order valence-electron chi connectivity index (χ1n) is 9.29. The number of hydrogen-bond donors (Lipinski definition) is 1. The molecule has 0 spiro atoms. The minimum atomic E-state index is -1.11. The molecule has 2 aliphatic rings. The summed E-state index contributed by atoms with van der Waals surface area (Å²) in [5, 5.41) is 13.0. The maximum atomic E-state index is 10.3. The summed E-state index contributed by atoms with van der Waals surface area (Å²) in [6.07, 6.45) is 15.0. The third-order valence-corrected chi connectivity index (χ3v) is 5.21. The minimum absolute atomic E-state index is 0.266. The number of carboxylic acid groups (broad SMARTS) is 1. The molecule has 2 N–H and O–H groups in total. The highest BCUT2D eigenvalue weighted by Crippen LogP contribution is 2.18. The van der Waals surface area contributed by atoms with Crippen LogP contribution in [0.15, 0.2) is 24.3 Å². The second-order valence-corrected chi connectivity index (χ2v) is 7.09. The van der Waals surface area contributed by atoms with Gasteiger partial charge in [0, 0.05) is 5.56 Å².